The summed E-state index contributed by atoms with van der Waals surface area (Å²) in [6.45, 7) is 5.70. The van der Waals surface area contributed by atoms with Crippen molar-refractivity contribution >= 4 is 11.0 Å². The number of hydrogen-bond donors (Lipinski definition) is 2. The largest absolute Gasteiger partial charge is 0.387 e. The highest BCUT2D eigenvalue weighted by Gasteiger charge is 2.43. The number of aromatic amines is 1. The average Bonchev–Trinajstić information content (AvgIpc) is 2.37. The summed E-state index contributed by atoms with van der Waals surface area (Å²) in [6, 6.07) is 7.50. The molecule has 5 nitrogen and oxygen atoms in total. The summed E-state index contributed by atoms with van der Waals surface area (Å²) in [6.07, 6.45) is 0. The van der Waals surface area contributed by atoms with E-state index in [2.05, 4.69) is 9.97 Å². The molecule has 1 aliphatic rings. The van der Waals surface area contributed by atoms with Crippen molar-refractivity contribution in [3.63, 3.8) is 0 Å². The van der Waals surface area contributed by atoms with E-state index in [4.69, 9.17) is 0 Å². The fourth-order valence-corrected chi connectivity index (χ4v) is 2.59. The van der Waals surface area contributed by atoms with E-state index in [0.717, 1.165) is 11.0 Å². The van der Waals surface area contributed by atoms with Gasteiger partial charge in [0.1, 0.15) is 5.69 Å². The van der Waals surface area contributed by atoms with Crippen molar-refractivity contribution in [3.8, 4) is 0 Å². The number of nitrogens with one attached hydrogen (secondary N) is 1. The summed E-state index contributed by atoms with van der Waals surface area (Å²) >= 11 is 0. The molecule has 1 aromatic heterocycles. The Bertz CT molecular complexity index is 687. The van der Waals surface area contributed by atoms with E-state index in [9.17, 15) is 9.90 Å². The molecule has 0 bridgehead atoms. The molecule has 106 valence electrons. The molecule has 0 radical (unpaired) electrons. The van der Waals surface area contributed by atoms with Crippen LogP contribution in [0.5, 0.6) is 0 Å². The topological polar surface area (TPSA) is 69.2 Å². The first-order chi connectivity index (χ1) is 9.48. The van der Waals surface area contributed by atoms with Crippen LogP contribution in [0.1, 0.15) is 19.5 Å². The van der Waals surface area contributed by atoms with Gasteiger partial charge >= 0.3 is 0 Å². The smallest absolute Gasteiger partial charge is 0.271 e. The Hall–Kier alpha value is -1.72. The fraction of sp³-hybridized carbons (Fsp3) is 0.467. The molecule has 1 aliphatic heterocycles. The number of benzene rings is 1. The molecule has 3 rings (SSSR count). The van der Waals surface area contributed by atoms with Crippen LogP contribution in [0.25, 0.3) is 11.0 Å². The molecule has 0 unspecified atom stereocenters. The highest BCUT2D eigenvalue weighted by Crippen LogP contribution is 2.29. The second kappa shape index (κ2) is 4.68. The van der Waals surface area contributed by atoms with E-state index in [-0.39, 0.29) is 11.5 Å². The van der Waals surface area contributed by atoms with Crippen molar-refractivity contribution in [1.82, 2.24) is 14.9 Å². The lowest BCUT2D eigenvalue weighted by molar-refractivity contribution is -0.131. The van der Waals surface area contributed by atoms with E-state index in [1.54, 1.807) is 0 Å². The zero-order valence-electron chi connectivity index (χ0n) is 11.8. The number of β-amino-alcohol motifs (C(OH)–C–C–N with tert-alkyl or cyclic N) is 1. The minimum atomic E-state index is -0.621. The minimum Gasteiger partial charge on any atom is -0.387 e. The number of hydrogen-bond acceptors (Lipinski definition) is 4. The van der Waals surface area contributed by atoms with Crippen LogP contribution in [0.15, 0.2) is 29.1 Å². The Kier molecular flexibility index (Phi) is 3.11. The van der Waals surface area contributed by atoms with Crippen LogP contribution in [0, 0.1) is 5.92 Å². The van der Waals surface area contributed by atoms with Crippen molar-refractivity contribution in [2.45, 2.75) is 26.0 Å². The van der Waals surface area contributed by atoms with E-state index < -0.39 is 5.60 Å². The van der Waals surface area contributed by atoms with Gasteiger partial charge in [0.05, 0.1) is 16.6 Å². The second-order valence-electron chi connectivity index (χ2n) is 5.93. The average molecular weight is 273 g/mol. The van der Waals surface area contributed by atoms with Crippen molar-refractivity contribution in [1.29, 1.82) is 0 Å². The van der Waals surface area contributed by atoms with Gasteiger partial charge in [-0.25, -0.2) is 4.98 Å². The highest BCUT2D eigenvalue weighted by atomic mass is 16.3. The summed E-state index contributed by atoms with van der Waals surface area (Å²) in [5.41, 5.74) is 1.28. The lowest BCUT2D eigenvalue weighted by atomic mass is 9.83. The van der Waals surface area contributed by atoms with Crippen LogP contribution in [0.4, 0.5) is 0 Å². The number of nitrogens with zero attached hydrogens (tertiary/aromatic N) is 2. The molecule has 2 N–H and O–H groups in total. The Labute approximate surface area is 117 Å². The molecule has 2 aromatic rings. The van der Waals surface area contributed by atoms with Gasteiger partial charge in [0.2, 0.25) is 0 Å². The van der Waals surface area contributed by atoms with E-state index in [0.29, 0.717) is 25.3 Å². The first kappa shape index (κ1) is 13.3. The Morgan fingerprint density at radius 1 is 1.40 bits per heavy atom. The molecule has 2 heterocycles. The Morgan fingerprint density at radius 2 is 2.10 bits per heavy atom. The van der Waals surface area contributed by atoms with E-state index in [1.807, 2.05) is 43.0 Å². The van der Waals surface area contributed by atoms with Crippen LogP contribution < -0.4 is 5.56 Å². The monoisotopic (exact) mass is 273 g/mol. The molecule has 0 amide bonds. The van der Waals surface area contributed by atoms with Gasteiger partial charge in [0.15, 0.2) is 0 Å². The summed E-state index contributed by atoms with van der Waals surface area (Å²) < 4.78 is 0. The van der Waals surface area contributed by atoms with Crippen molar-refractivity contribution < 1.29 is 5.11 Å². The molecule has 0 spiro atoms. The van der Waals surface area contributed by atoms with Gasteiger partial charge in [-0.3, -0.25) is 9.69 Å². The number of likely N-dealkylation sites (tertiary alicyclic amines) is 1. The zero-order chi connectivity index (χ0) is 14.3. The molecule has 0 atom stereocenters. The molecular formula is C15H19N3O2. The lowest BCUT2D eigenvalue weighted by Crippen LogP contribution is -2.64. The SMILES string of the molecule is CC(C)C1(O)CN(Cc2nc3ccccc3[nH]c2=O)C1. The maximum atomic E-state index is 12.0. The molecular weight excluding hydrogens is 254 g/mol. The summed E-state index contributed by atoms with van der Waals surface area (Å²) in [4.78, 5) is 21.3. The predicted octanol–water partition coefficient (Wildman–Crippen LogP) is 1.13. The molecule has 0 aliphatic carbocycles. The lowest BCUT2D eigenvalue weighted by Gasteiger charge is -2.48. The number of rotatable bonds is 3. The Morgan fingerprint density at radius 3 is 2.80 bits per heavy atom. The molecule has 0 saturated carbocycles. The highest BCUT2D eigenvalue weighted by molar-refractivity contribution is 5.73. The van der Waals surface area contributed by atoms with Gasteiger partial charge in [-0.1, -0.05) is 26.0 Å². The van der Waals surface area contributed by atoms with Gasteiger partial charge < -0.3 is 10.1 Å². The quantitative estimate of drug-likeness (QED) is 0.879. The third-order valence-corrected chi connectivity index (χ3v) is 4.11. The minimum absolute atomic E-state index is 0.149. The molecule has 1 saturated heterocycles. The van der Waals surface area contributed by atoms with Gasteiger partial charge in [-0.15, -0.1) is 0 Å². The maximum Gasteiger partial charge on any atom is 0.271 e. The maximum absolute atomic E-state index is 12.0. The molecule has 1 fully saturated rings. The first-order valence-corrected chi connectivity index (χ1v) is 6.91. The van der Waals surface area contributed by atoms with Crippen molar-refractivity contribution in [2.75, 3.05) is 13.1 Å². The third kappa shape index (κ3) is 2.23. The van der Waals surface area contributed by atoms with Gasteiger partial charge in [0.25, 0.3) is 5.56 Å². The van der Waals surface area contributed by atoms with Crippen LogP contribution in [0.2, 0.25) is 0 Å². The van der Waals surface area contributed by atoms with Gasteiger partial charge in [-0.05, 0) is 18.1 Å². The second-order valence-corrected chi connectivity index (χ2v) is 5.93. The van der Waals surface area contributed by atoms with E-state index >= 15 is 0 Å². The molecule has 1 aromatic carbocycles. The first-order valence-electron chi connectivity index (χ1n) is 6.91. The standard InChI is InChI=1S/C15H19N3O2/c1-10(2)15(20)8-18(9-15)7-13-14(19)17-12-6-4-3-5-11(12)16-13/h3-6,10,20H,7-9H2,1-2H3,(H,17,19). The number of H-pyrrole nitrogens is 1. The normalized spacial score (nSPS) is 18.4. The number of aliphatic hydroxyl groups is 1. The summed E-state index contributed by atoms with van der Waals surface area (Å²) in [5.74, 6) is 0.224. The van der Waals surface area contributed by atoms with Crippen molar-refractivity contribution in [2.24, 2.45) is 5.92 Å². The van der Waals surface area contributed by atoms with Crippen LogP contribution in [0.3, 0.4) is 0 Å². The van der Waals surface area contributed by atoms with Gasteiger partial charge in [0, 0.05) is 19.6 Å². The fourth-order valence-electron chi connectivity index (χ4n) is 2.59. The van der Waals surface area contributed by atoms with Crippen LogP contribution in [-0.4, -0.2) is 38.7 Å². The summed E-state index contributed by atoms with van der Waals surface area (Å²) in [7, 11) is 0. The molecule has 5 heteroatoms. The predicted molar refractivity (Wildman–Crippen MR) is 77.4 cm³/mol. The number of aromatic nitrogens is 2. The van der Waals surface area contributed by atoms with Gasteiger partial charge in [-0.2, -0.15) is 0 Å². The van der Waals surface area contributed by atoms with Crippen LogP contribution >= 0.6 is 0 Å². The number of para-hydroxylation sites is 2. The van der Waals surface area contributed by atoms with E-state index in [1.165, 1.54) is 0 Å². The number of fused-ring (bicyclic) bond motifs is 1. The summed E-state index contributed by atoms with van der Waals surface area (Å²) in [5, 5.41) is 10.2. The Balaban J connectivity index is 1.79. The van der Waals surface area contributed by atoms with Crippen LogP contribution in [-0.2, 0) is 6.54 Å². The van der Waals surface area contributed by atoms with Crippen molar-refractivity contribution in [3.05, 3.63) is 40.3 Å². The third-order valence-electron chi connectivity index (χ3n) is 4.11. The zero-order valence-corrected chi connectivity index (χ0v) is 11.8. The molecule has 20 heavy (non-hydrogen) atoms.